The van der Waals surface area contributed by atoms with Crippen molar-refractivity contribution in [1.82, 2.24) is 0 Å². The highest BCUT2D eigenvalue weighted by atomic mass is 32.2. The fraction of sp³-hybridized carbons (Fsp3) is 0.231. The lowest BCUT2D eigenvalue weighted by atomic mass is 10.1. The van der Waals surface area contributed by atoms with Crippen LogP contribution >= 0.6 is 0 Å². The van der Waals surface area contributed by atoms with Crippen molar-refractivity contribution >= 4 is 20.9 Å². The molecule has 0 heterocycles. The van der Waals surface area contributed by atoms with Crippen LogP contribution in [0, 0.1) is 0 Å². The topological polar surface area (TPSA) is 52.6 Å². The van der Waals surface area contributed by atoms with E-state index in [1.807, 2.05) is 0 Å². The van der Waals surface area contributed by atoms with E-state index in [9.17, 15) is 30.4 Å². The van der Waals surface area contributed by atoms with Gasteiger partial charge in [-0.15, -0.1) is 0 Å². The van der Waals surface area contributed by atoms with Crippen molar-refractivity contribution in [2.45, 2.75) is 17.9 Å². The summed E-state index contributed by atoms with van der Waals surface area (Å²) in [4.78, 5) is 4.24. The summed E-state index contributed by atoms with van der Waals surface area (Å²) < 4.78 is 88.2. The van der Waals surface area contributed by atoms with Crippen LogP contribution in [0.15, 0.2) is 42.5 Å². The van der Waals surface area contributed by atoms with E-state index in [1.54, 1.807) is 24.3 Å². The van der Waals surface area contributed by atoms with Gasteiger partial charge in [-0.25, -0.2) is 0 Å². The molecule has 2 rings (SSSR count). The molecule has 0 aliphatic rings. The van der Waals surface area contributed by atoms with Crippen molar-refractivity contribution < 1.29 is 39.6 Å². The van der Waals surface area contributed by atoms with E-state index in [1.165, 1.54) is 18.2 Å². The van der Waals surface area contributed by atoms with Crippen molar-refractivity contribution in [2.24, 2.45) is 0 Å². The second kappa shape index (κ2) is 5.93. The molecule has 0 atom stereocenters. The molecule has 0 aliphatic carbocycles. The molecular weight excluding hydrogens is 347 g/mol. The zero-order valence-corrected chi connectivity index (χ0v) is 12.0. The third-order valence-corrected chi connectivity index (χ3v) is 3.84. The molecule has 126 valence electrons. The highest BCUT2D eigenvalue weighted by Crippen LogP contribution is 2.36. The number of hydrogen-bond acceptors (Lipinski definition) is 4. The van der Waals surface area contributed by atoms with E-state index in [4.69, 9.17) is 0 Å². The SMILES string of the molecule is O=S(=O)(OOc1ccc2ccccc2c1)C(F)(F)CC(F)(F)F. The smallest absolute Gasteiger partial charge is 0.321 e. The van der Waals surface area contributed by atoms with Gasteiger partial charge >= 0.3 is 21.5 Å². The zero-order chi connectivity index (χ0) is 17.3. The van der Waals surface area contributed by atoms with Crippen molar-refractivity contribution in [3.05, 3.63) is 42.5 Å². The van der Waals surface area contributed by atoms with Crippen LogP contribution in [0.1, 0.15) is 6.42 Å². The lowest BCUT2D eigenvalue weighted by molar-refractivity contribution is -0.175. The molecule has 2 aromatic rings. The normalized spacial score (nSPS) is 13.3. The van der Waals surface area contributed by atoms with Gasteiger partial charge in [-0.1, -0.05) is 30.3 Å². The molecule has 23 heavy (non-hydrogen) atoms. The monoisotopic (exact) mass is 356 g/mol. The molecule has 0 saturated carbocycles. The Balaban J connectivity index is 2.14. The van der Waals surface area contributed by atoms with Crippen LogP contribution < -0.4 is 4.89 Å². The Morgan fingerprint density at radius 2 is 1.52 bits per heavy atom. The maximum atomic E-state index is 13.1. The molecule has 0 saturated heterocycles. The quantitative estimate of drug-likeness (QED) is 0.461. The molecule has 0 spiro atoms. The van der Waals surface area contributed by atoms with Crippen LogP contribution in [-0.2, 0) is 14.5 Å². The van der Waals surface area contributed by atoms with Gasteiger partial charge in [-0.05, 0) is 27.2 Å². The summed E-state index contributed by atoms with van der Waals surface area (Å²) in [5.74, 6) is -0.255. The van der Waals surface area contributed by atoms with E-state index < -0.39 is 28.0 Å². The molecule has 0 aliphatic heterocycles. The second-order valence-corrected chi connectivity index (χ2v) is 6.19. The second-order valence-electron chi connectivity index (χ2n) is 4.54. The van der Waals surface area contributed by atoms with Crippen LogP contribution in [0.2, 0.25) is 0 Å². The molecule has 2 aromatic carbocycles. The minimum Gasteiger partial charge on any atom is -0.321 e. The Bertz CT molecular complexity index is 801. The van der Waals surface area contributed by atoms with Gasteiger partial charge in [-0.2, -0.15) is 30.4 Å². The summed E-state index contributed by atoms with van der Waals surface area (Å²) in [6.45, 7) is 0. The highest BCUT2D eigenvalue weighted by Gasteiger charge is 2.55. The predicted octanol–water partition coefficient (Wildman–Crippen LogP) is 4.03. The number of alkyl halides is 5. The van der Waals surface area contributed by atoms with Crippen LogP contribution in [0.3, 0.4) is 0 Å². The minimum absolute atomic E-state index is 0.255. The molecule has 0 radical (unpaired) electrons. The zero-order valence-electron chi connectivity index (χ0n) is 11.2. The largest absolute Gasteiger partial charge is 0.396 e. The summed E-state index contributed by atoms with van der Waals surface area (Å²) in [6, 6.07) is 10.8. The minimum atomic E-state index is -5.92. The number of fused-ring (bicyclic) bond motifs is 1. The summed E-state index contributed by atoms with van der Waals surface area (Å²) in [6.07, 6.45) is -8.26. The highest BCUT2D eigenvalue weighted by molar-refractivity contribution is 7.87. The molecule has 4 nitrogen and oxygen atoms in total. The van der Waals surface area contributed by atoms with Gasteiger partial charge in [0.25, 0.3) is 0 Å². The number of benzene rings is 2. The Hall–Kier alpha value is -1.94. The molecule has 0 aromatic heterocycles. The average Bonchev–Trinajstić information content (AvgIpc) is 2.42. The maximum absolute atomic E-state index is 13.1. The van der Waals surface area contributed by atoms with Crippen LogP contribution in [0.5, 0.6) is 5.75 Å². The third kappa shape index (κ3) is 4.29. The molecule has 0 amide bonds. The van der Waals surface area contributed by atoms with Crippen LogP contribution in [-0.4, -0.2) is 19.8 Å². The molecule has 0 N–H and O–H groups in total. The van der Waals surface area contributed by atoms with E-state index in [-0.39, 0.29) is 5.75 Å². The summed E-state index contributed by atoms with van der Waals surface area (Å²) >= 11 is 0. The van der Waals surface area contributed by atoms with Crippen LogP contribution in [0.25, 0.3) is 10.8 Å². The molecule has 10 heteroatoms. The standard InChI is InChI=1S/C13H9F5O4S/c14-12(15,16)8-13(17,18)23(19,20)22-21-11-6-5-9-3-1-2-4-10(9)7-11/h1-7H,8H2. The van der Waals surface area contributed by atoms with Crippen LogP contribution in [0.4, 0.5) is 22.0 Å². The van der Waals surface area contributed by atoms with Crippen molar-refractivity contribution in [3.8, 4) is 5.75 Å². The van der Waals surface area contributed by atoms with E-state index in [2.05, 4.69) is 9.22 Å². The first-order valence-corrected chi connectivity index (χ1v) is 7.45. The van der Waals surface area contributed by atoms with E-state index in [0.29, 0.717) is 5.39 Å². The molecule has 0 unspecified atom stereocenters. The Kier molecular flexibility index (Phi) is 4.49. The Morgan fingerprint density at radius 3 is 2.13 bits per heavy atom. The number of hydrogen-bond donors (Lipinski definition) is 0. The van der Waals surface area contributed by atoms with Gasteiger partial charge in [0.05, 0.1) is 0 Å². The fourth-order valence-corrected chi connectivity index (χ4v) is 2.28. The summed E-state index contributed by atoms with van der Waals surface area (Å²) in [7, 11) is -5.92. The number of rotatable bonds is 5. The van der Waals surface area contributed by atoms with E-state index in [0.717, 1.165) is 5.39 Å². The Morgan fingerprint density at radius 1 is 0.913 bits per heavy atom. The van der Waals surface area contributed by atoms with Crippen molar-refractivity contribution in [1.29, 1.82) is 0 Å². The predicted molar refractivity (Wildman–Crippen MR) is 70.2 cm³/mol. The lowest BCUT2D eigenvalue weighted by Gasteiger charge is -2.17. The summed E-state index contributed by atoms with van der Waals surface area (Å²) in [5, 5.41) is -3.82. The van der Waals surface area contributed by atoms with Gasteiger partial charge in [0.1, 0.15) is 6.42 Å². The van der Waals surface area contributed by atoms with Crippen molar-refractivity contribution in [3.63, 3.8) is 0 Å². The molecule has 0 bridgehead atoms. The van der Waals surface area contributed by atoms with Gasteiger partial charge in [-0.3, -0.25) is 0 Å². The molecule has 0 fully saturated rings. The number of halogens is 5. The summed E-state index contributed by atoms with van der Waals surface area (Å²) in [5.41, 5.74) is 0. The maximum Gasteiger partial charge on any atom is 0.396 e. The first kappa shape index (κ1) is 17.4. The molecular formula is C13H9F5O4S. The first-order valence-electron chi connectivity index (χ1n) is 6.04. The van der Waals surface area contributed by atoms with Gasteiger partial charge < -0.3 is 4.89 Å². The lowest BCUT2D eigenvalue weighted by Crippen LogP contribution is -2.36. The first-order chi connectivity index (χ1) is 10.5. The van der Waals surface area contributed by atoms with Crippen molar-refractivity contribution in [2.75, 3.05) is 0 Å². The average molecular weight is 356 g/mol. The van der Waals surface area contributed by atoms with E-state index >= 15 is 0 Å². The third-order valence-electron chi connectivity index (χ3n) is 2.71. The Labute approximate surface area is 127 Å². The van der Waals surface area contributed by atoms with Gasteiger partial charge in [0.15, 0.2) is 5.75 Å². The fourth-order valence-electron chi connectivity index (χ4n) is 1.67. The van der Waals surface area contributed by atoms with Gasteiger partial charge in [0, 0.05) is 0 Å². The van der Waals surface area contributed by atoms with Gasteiger partial charge in [0.2, 0.25) is 0 Å².